The topological polar surface area (TPSA) is 35.8 Å². The molecule has 1 aromatic carbocycles. The zero-order chi connectivity index (χ0) is 10.8. The highest BCUT2D eigenvalue weighted by Crippen LogP contribution is 2.32. The van der Waals surface area contributed by atoms with Gasteiger partial charge in [-0.3, -0.25) is 0 Å². The van der Waals surface area contributed by atoms with Gasteiger partial charge in [0.15, 0.2) is 0 Å². The van der Waals surface area contributed by atoms with Crippen LogP contribution in [-0.2, 0) is 0 Å². The predicted molar refractivity (Wildman–Crippen MR) is 62.0 cm³/mol. The first-order valence-electron chi connectivity index (χ1n) is 5.15. The summed E-state index contributed by atoms with van der Waals surface area (Å²) >= 11 is 6.06. The number of rotatable bonds is 2. The van der Waals surface area contributed by atoms with Gasteiger partial charge >= 0.3 is 0 Å². The number of hydrogen-bond donors (Lipinski definition) is 1. The summed E-state index contributed by atoms with van der Waals surface area (Å²) in [6, 6.07) is 7.99. The molecular formula is C12H13ClN2. The maximum absolute atomic E-state index is 8.70. The predicted octanol–water partition coefficient (Wildman–Crippen LogP) is 3.42. The van der Waals surface area contributed by atoms with E-state index < -0.39 is 0 Å². The maximum atomic E-state index is 8.70. The van der Waals surface area contributed by atoms with Gasteiger partial charge in [-0.2, -0.15) is 5.26 Å². The van der Waals surface area contributed by atoms with Crippen molar-refractivity contribution in [2.24, 2.45) is 5.92 Å². The van der Waals surface area contributed by atoms with E-state index in [0.717, 1.165) is 11.6 Å². The van der Waals surface area contributed by atoms with Crippen LogP contribution >= 0.6 is 11.6 Å². The molecule has 0 bridgehead atoms. The molecule has 2 nitrogen and oxygen atoms in total. The van der Waals surface area contributed by atoms with Crippen molar-refractivity contribution in [3.05, 3.63) is 28.8 Å². The lowest BCUT2D eigenvalue weighted by Crippen LogP contribution is -2.33. The molecule has 1 N–H and O–H groups in total. The molecule has 3 heteroatoms. The quantitative estimate of drug-likeness (QED) is 0.829. The van der Waals surface area contributed by atoms with E-state index in [9.17, 15) is 0 Å². The molecule has 2 rings (SSSR count). The standard InChI is InChI=1S/C12H13ClN2/c1-8-4-10(5-8)15-12-3-2-9(7-14)6-11(12)13/h2-3,6,8,10,15H,4-5H2,1H3. The van der Waals surface area contributed by atoms with Gasteiger partial charge in [0.1, 0.15) is 0 Å². The van der Waals surface area contributed by atoms with E-state index in [-0.39, 0.29) is 0 Å². The fraction of sp³-hybridized carbons (Fsp3) is 0.417. The SMILES string of the molecule is CC1CC(Nc2ccc(C#N)cc2Cl)C1. The van der Waals surface area contributed by atoms with Crippen molar-refractivity contribution in [3.63, 3.8) is 0 Å². The van der Waals surface area contributed by atoms with Crippen LogP contribution in [0.15, 0.2) is 18.2 Å². The Morgan fingerprint density at radius 3 is 2.73 bits per heavy atom. The molecule has 0 heterocycles. The second kappa shape index (κ2) is 4.12. The molecule has 0 saturated heterocycles. The normalized spacial score (nSPS) is 24.1. The average Bonchev–Trinajstić information content (AvgIpc) is 2.18. The molecule has 0 spiro atoms. The number of hydrogen-bond acceptors (Lipinski definition) is 2. The van der Waals surface area contributed by atoms with Crippen molar-refractivity contribution in [2.45, 2.75) is 25.8 Å². The van der Waals surface area contributed by atoms with Gasteiger partial charge in [0.2, 0.25) is 0 Å². The molecule has 1 saturated carbocycles. The van der Waals surface area contributed by atoms with Crippen molar-refractivity contribution in [1.29, 1.82) is 5.26 Å². The van der Waals surface area contributed by atoms with Gasteiger partial charge in [-0.05, 0) is 37.0 Å². The van der Waals surface area contributed by atoms with Crippen molar-refractivity contribution >= 4 is 17.3 Å². The number of halogens is 1. The third-order valence-electron chi connectivity index (χ3n) is 2.83. The molecule has 1 aliphatic carbocycles. The maximum Gasteiger partial charge on any atom is 0.0992 e. The van der Waals surface area contributed by atoms with Crippen LogP contribution in [0, 0.1) is 17.2 Å². The van der Waals surface area contributed by atoms with E-state index in [0.29, 0.717) is 16.6 Å². The summed E-state index contributed by atoms with van der Waals surface area (Å²) in [7, 11) is 0. The van der Waals surface area contributed by atoms with Crippen molar-refractivity contribution in [2.75, 3.05) is 5.32 Å². The Bertz CT molecular complexity index is 403. The Labute approximate surface area is 94.9 Å². The molecule has 1 aliphatic rings. The molecule has 1 aromatic rings. The molecule has 78 valence electrons. The Morgan fingerprint density at radius 1 is 1.47 bits per heavy atom. The Hall–Kier alpha value is -1.20. The van der Waals surface area contributed by atoms with Crippen LogP contribution in [0.25, 0.3) is 0 Å². The van der Waals surface area contributed by atoms with E-state index in [1.807, 2.05) is 6.07 Å². The number of nitriles is 1. The largest absolute Gasteiger partial charge is 0.381 e. The van der Waals surface area contributed by atoms with E-state index >= 15 is 0 Å². The summed E-state index contributed by atoms with van der Waals surface area (Å²) in [5.74, 6) is 0.819. The average molecular weight is 221 g/mol. The van der Waals surface area contributed by atoms with Crippen LogP contribution in [0.3, 0.4) is 0 Å². The number of nitrogens with one attached hydrogen (secondary N) is 1. The summed E-state index contributed by atoms with van der Waals surface area (Å²) in [4.78, 5) is 0. The van der Waals surface area contributed by atoms with Crippen LogP contribution in [0.1, 0.15) is 25.3 Å². The molecule has 15 heavy (non-hydrogen) atoms. The highest BCUT2D eigenvalue weighted by Gasteiger charge is 2.25. The van der Waals surface area contributed by atoms with Crippen LogP contribution < -0.4 is 5.32 Å². The molecule has 1 fully saturated rings. The first kappa shape index (κ1) is 10.3. The van der Waals surface area contributed by atoms with Crippen molar-refractivity contribution in [3.8, 4) is 6.07 Å². The lowest BCUT2D eigenvalue weighted by Gasteiger charge is -2.34. The van der Waals surface area contributed by atoms with Crippen LogP contribution in [-0.4, -0.2) is 6.04 Å². The van der Waals surface area contributed by atoms with Gasteiger partial charge in [0.05, 0.1) is 22.3 Å². The van der Waals surface area contributed by atoms with Crippen LogP contribution in [0.4, 0.5) is 5.69 Å². The van der Waals surface area contributed by atoms with E-state index in [1.54, 1.807) is 12.1 Å². The van der Waals surface area contributed by atoms with Gasteiger partial charge in [-0.25, -0.2) is 0 Å². The third-order valence-corrected chi connectivity index (χ3v) is 3.14. The molecule has 0 unspecified atom stereocenters. The number of anilines is 1. The van der Waals surface area contributed by atoms with Crippen molar-refractivity contribution in [1.82, 2.24) is 0 Å². The molecular weight excluding hydrogens is 208 g/mol. The smallest absolute Gasteiger partial charge is 0.0992 e. The summed E-state index contributed by atoms with van der Waals surface area (Å²) < 4.78 is 0. The van der Waals surface area contributed by atoms with E-state index in [1.165, 1.54) is 12.8 Å². The molecule has 0 amide bonds. The lowest BCUT2D eigenvalue weighted by molar-refractivity contribution is 0.309. The number of benzene rings is 1. The Balaban J connectivity index is 2.06. The fourth-order valence-electron chi connectivity index (χ4n) is 1.94. The minimum absolute atomic E-state index is 0.547. The minimum Gasteiger partial charge on any atom is -0.381 e. The molecule has 0 atom stereocenters. The first-order chi connectivity index (χ1) is 7.19. The van der Waals surface area contributed by atoms with Gasteiger partial charge in [0.25, 0.3) is 0 Å². The number of nitrogens with zero attached hydrogens (tertiary/aromatic N) is 1. The molecule has 0 aromatic heterocycles. The van der Waals surface area contributed by atoms with Crippen molar-refractivity contribution < 1.29 is 0 Å². The highest BCUT2D eigenvalue weighted by atomic mass is 35.5. The molecule has 0 aliphatic heterocycles. The Morgan fingerprint density at radius 2 is 2.20 bits per heavy atom. The van der Waals surface area contributed by atoms with Crippen LogP contribution in [0.2, 0.25) is 5.02 Å². The fourth-order valence-corrected chi connectivity index (χ4v) is 2.18. The lowest BCUT2D eigenvalue weighted by atomic mass is 9.82. The zero-order valence-electron chi connectivity index (χ0n) is 8.63. The second-order valence-electron chi connectivity index (χ2n) is 4.22. The Kier molecular flexibility index (Phi) is 2.83. The second-order valence-corrected chi connectivity index (χ2v) is 4.63. The summed E-state index contributed by atoms with van der Waals surface area (Å²) in [6.07, 6.45) is 2.41. The monoisotopic (exact) mass is 220 g/mol. The van der Waals surface area contributed by atoms with E-state index in [2.05, 4.69) is 18.3 Å². The minimum atomic E-state index is 0.547. The summed E-state index contributed by atoms with van der Waals surface area (Å²) in [6.45, 7) is 2.25. The molecule has 0 radical (unpaired) electrons. The third kappa shape index (κ3) is 2.24. The van der Waals surface area contributed by atoms with Gasteiger partial charge in [-0.15, -0.1) is 0 Å². The van der Waals surface area contributed by atoms with Gasteiger partial charge in [0, 0.05) is 6.04 Å². The van der Waals surface area contributed by atoms with Gasteiger partial charge < -0.3 is 5.32 Å². The highest BCUT2D eigenvalue weighted by molar-refractivity contribution is 6.33. The zero-order valence-corrected chi connectivity index (χ0v) is 9.38. The van der Waals surface area contributed by atoms with Crippen LogP contribution in [0.5, 0.6) is 0 Å². The summed E-state index contributed by atoms with van der Waals surface area (Å²) in [5, 5.41) is 12.7. The first-order valence-corrected chi connectivity index (χ1v) is 5.53. The summed E-state index contributed by atoms with van der Waals surface area (Å²) in [5.41, 5.74) is 1.54. The van der Waals surface area contributed by atoms with Gasteiger partial charge in [-0.1, -0.05) is 18.5 Å². The van der Waals surface area contributed by atoms with E-state index in [4.69, 9.17) is 16.9 Å².